The summed E-state index contributed by atoms with van der Waals surface area (Å²) < 4.78 is 0. The topological polar surface area (TPSA) is 94.9 Å². The Hall–Kier alpha value is -3.02. The van der Waals surface area contributed by atoms with Crippen molar-refractivity contribution in [2.24, 2.45) is 0 Å². The highest BCUT2D eigenvalue weighted by Gasteiger charge is 2.05. The van der Waals surface area contributed by atoms with E-state index in [0.29, 0.717) is 5.52 Å². The van der Waals surface area contributed by atoms with E-state index in [1.54, 1.807) is 12.3 Å². The van der Waals surface area contributed by atoms with Crippen LogP contribution >= 0.6 is 0 Å². The Morgan fingerprint density at radius 2 is 2.00 bits per heavy atom. The number of aromatic nitrogens is 2. The number of nitro benzene ring substituents is 1. The highest BCUT2D eigenvalue weighted by atomic mass is 16.6. The zero-order valence-electron chi connectivity index (χ0n) is 11.4. The van der Waals surface area contributed by atoms with E-state index >= 15 is 0 Å². The Morgan fingerprint density at radius 1 is 1.19 bits per heavy atom. The van der Waals surface area contributed by atoms with Crippen molar-refractivity contribution in [3.8, 4) is 0 Å². The van der Waals surface area contributed by atoms with Gasteiger partial charge in [0.25, 0.3) is 5.69 Å². The summed E-state index contributed by atoms with van der Waals surface area (Å²) in [7, 11) is 0. The molecule has 1 aromatic heterocycles. The zero-order valence-corrected chi connectivity index (χ0v) is 11.4. The molecule has 3 rings (SSSR count). The van der Waals surface area contributed by atoms with Crippen molar-refractivity contribution in [3.05, 3.63) is 70.7 Å². The van der Waals surface area contributed by atoms with E-state index in [2.05, 4.69) is 9.97 Å². The van der Waals surface area contributed by atoms with E-state index in [0.717, 1.165) is 11.1 Å². The van der Waals surface area contributed by atoms with Gasteiger partial charge in [-0.05, 0) is 30.7 Å². The van der Waals surface area contributed by atoms with Crippen molar-refractivity contribution in [2.45, 2.75) is 6.92 Å². The van der Waals surface area contributed by atoms with Gasteiger partial charge in [0.2, 0.25) is 0 Å². The van der Waals surface area contributed by atoms with Crippen molar-refractivity contribution in [1.29, 1.82) is 0 Å². The summed E-state index contributed by atoms with van der Waals surface area (Å²) in [5, 5.41) is 11.2. The van der Waals surface area contributed by atoms with Gasteiger partial charge in [0.1, 0.15) is 6.33 Å². The maximum atomic E-state index is 10.4. The predicted molar refractivity (Wildman–Crippen MR) is 81.8 cm³/mol. The maximum Gasteiger partial charge on any atom is 0.271 e. The molecule has 0 unspecified atom stereocenters. The Balaban J connectivity index is 0.000000173. The Morgan fingerprint density at radius 3 is 2.62 bits per heavy atom. The lowest BCUT2D eigenvalue weighted by Crippen LogP contribution is -1.88. The highest BCUT2D eigenvalue weighted by molar-refractivity contribution is 5.79. The third kappa shape index (κ3) is 3.97. The first kappa shape index (κ1) is 14.4. The zero-order chi connectivity index (χ0) is 15.2. The number of fused-ring (bicyclic) bond motifs is 1. The van der Waals surface area contributed by atoms with Crippen molar-refractivity contribution < 1.29 is 4.92 Å². The maximum absolute atomic E-state index is 10.4. The summed E-state index contributed by atoms with van der Waals surface area (Å²) >= 11 is 0. The monoisotopic (exact) mass is 282 g/mol. The number of nitrogens with zero attached hydrogens (tertiary/aromatic N) is 3. The van der Waals surface area contributed by atoms with Gasteiger partial charge in [-0.3, -0.25) is 10.1 Å². The molecule has 0 atom stereocenters. The van der Waals surface area contributed by atoms with Gasteiger partial charge in [0.15, 0.2) is 0 Å². The first-order valence-corrected chi connectivity index (χ1v) is 6.22. The molecule has 3 aromatic rings. The fourth-order valence-corrected chi connectivity index (χ4v) is 1.75. The van der Waals surface area contributed by atoms with Crippen molar-refractivity contribution in [1.82, 2.24) is 9.97 Å². The number of aryl methyl sites for hydroxylation is 1. The molecule has 21 heavy (non-hydrogen) atoms. The number of nitrogens with two attached hydrogens (primary N) is 1. The van der Waals surface area contributed by atoms with Gasteiger partial charge in [-0.25, -0.2) is 9.97 Å². The first-order chi connectivity index (χ1) is 10.1. The summed E-state index contributed by atoms with van der Waals surface area (Å²) in [6.45, 7) is 2.02. The Kier molecular flexibility index (Phi) is 4.40. The fourth-order valence-electron chi connectivity index (χ4n) is 1.75. The Bertz CT molecular complexity index is 757. The molecular weight excluding hydrogens is 268 g/mol. The van der Waals surface area contributed by atoms with Crippen LogP contribution in [0.5, 0.6) is 0 Å². The molecule has 0 aliphatic rings. The molecule has 1 heterocycles. The van der Waals surface area contributed by atoms with Crippen molar-refractivity contribution in [2.75, 3.05) is 5.73 Å². The van der Waals surface area contributed by atoms with E-state index in [-0.39, 0.29) is 5.69 Å². The second-order valence-corrected chi connectivity index (χ2v) is 4.44. The molecule has 0 amide bonds. The van der Waals surface area contributed by atoms with E-state index in [4.69, 9.17) is 5.73 Å². The lowest BCUT2D eigenvalue weighted by atomic mass is 10.2. The smallest absolute Gasteiger partial charge is 0.271 e. The van der Waals surface area contributed by atoms with Gasteiger partial charge in [0.05, 0.1) is 10.4 Å². The van der Waals surface area contributed by atoms with Crippen LogP contribution in [0.15, 0.2) is 55.0 Å². The minimum atomic E-state index is -0.443. The molecule has 0 fully saturated rings. The van der Waals surface area contributed by atoms with Crippen LogP contribution in [0, 0.1) is 17.0 Å². The third-order valence-electron chi connectivity index (χ3n) is 2.74. The van der Waals surface area contributed by atoms with Gasteiger partial charge in [-0.2, -0.15) is 0 Å². The summed E-state index contributed by atoms with van der Waals surface area (Å²) in [5.41, 5.74) is 8.14. The summed E-state index contributed by atoms with van der Waals surface area (Å²) in [6, 6.07) is 12.3. The number of nitrogen functional groups attached to an aromatic ring is 1. The molecule has 2 N–H and O–H groups in total. The van der Waals surface area contributed by atoms with Crippen LogP contribution in [0.4, 0.5) is 11.4 Å². The first-order valence-electron chi connectivity index (χ1n) is 6.22. The average molecular weight is 282 g/mol. The van der Waals surface area contributed by atoms with Crippen LogP contribution in [-0.4, -0.2) is 14.9 Å². The number of anilines is 1. The lowest BCUT2D eigenvalue weighted by molar-refractivity contribution is -0.384. The van der Waals surface area contributed by atoms with Gasteiger partial charge in [0, 0.05) is 29.4 Å². The molecular formula is C15H14N4O2. The standard InChI is InChI=1S/C8H5N3O2.C7H9N/c12-11(13)7-2-1-6-4-9-5-10-8(6)3-7;1-6-3-2-4-7(8)5-6/h1-5H;2-5H,8H2,1H3. The summed E-state index contributed by atoms with van der Waals surface area (Å²) in [5.74, 6) is 0. The van der Waals surface area contributed by atoms with Crippen LogP contribution in [0.25, 0.3) is 10.9 Å². The highest BCUT2D eigenvalue weighted by Crippen LogP contribution is 2.17. The molecule has 106 valence electrons. The normalized spacial score (nSPS) is 9.76. The summed E-state index contributed by atoms with van der Waals surface area (Å²) in [4.78, 5) is 17.7. The number of benzene rings is 2. The van der Waals surface area contributed by atoms with Crippen molar-refractivity contribution in [3.63, 3.8) is 0 Å². The van der Waals surface area contributed by atoms with Crippen LogP contribution in [-0.2, 0) is 0 Å². The predicted octanol–water partition coefficient (Wildman–Crippen LogP) is 3.12. The van der Waals surface area contributed by atoms with Crippen LogP contribution in [0.1, 0.15) is 5.56 Å². The van der Waals surface area contributed by atoms with E-state index in [1.165, 1.54) is 24.0 Å². The number of nitro groups is 1. The molecule has 0 saturated heterocycles. The molecule has 0 aliphatic carbocycles. The quantitative estimate of drug-likeness (QED) is 0.420. The summed E-state index contributed by atoms with van der Waals surface area (Å²) in [6.07, 6.45) is 2.98. The van der Waals surface area contributed by atoms with Gasteiger partial charge < -0.3 is 5.73 Å². The fraction of sp³-hybridized carbons (Fsp3) is 0.0667. The van der Waals surface area contributed by atoms with E-state index in [1.807, 2.05) is 31.2 Å². The lowest BCUT2D eigenvalue weighted by Gasteiger charge is -1.94. The van der Waals surface area contributed by atoms with Gasteiger partial charge in [-0.1, -0.05) is 12.1 Å². The molecule has 0 spiro atoms. The minimum Gasteiger partial charge on any atom is -0.399 e. The Labute approximate surface area is 121 Å². The molecule has 6 heteroatoms. The number of hydrogen-bond acceptors (Lipinski definition) is 5. The largest absolute Gasteiger partial charge is 0.399 e. The third-order valence-corrected chi connectivity index (χ3v) is 2.74. The minimum absolute atomic E-state index is 0.0474. The van der Waals surface area contributed by atoms with Gasteiger partial charge >= 0.3 is 0 Å². The van der Waals surface area contributed by atoms with Crippen LogP contribution < -0.4 is 5.73 Å². The molecule has 0 radical (unpaired) electrons. The van der Waals surface area contributed by atoms with Gasteiger partial charge in [-0.15, -0.1) is 0 Å². The van der Waals surface area contributed by atoms with Crippen LogP contribution in [0.2, 0.25) is 0 Å². The SMILES string of the molecule is Cc1cccc(N)c1.O=[N+]([O-])c1ccc2cncnc2c1. The molecule has 6 nitrogen and oxygen atoms in total. The van der Waals surface area contributed by atoms with Crippen LogP contribution in [0.3, 0.4) is 0 Å². The second kappa shape index (κ2) is 6.42. The molecule has 0 saturated carbocycles. The van der Waals surface area contributed by atoms with E-state index in [9.17, 15) is 10.1 Å². The molecule has 2 aromatic carbocycles. The molecule has 0 aliphatic heterocycles. The number of hydrogen-bond donors (Lipinski definition) is 1. The molecule has 0 bridgehead atoms. The second-order valence-electron chi connectivity index (χ2n) is 4.44. The average Bonchev–Trinajstić information content (AvgIpc) is 2.47. The van der Waals surface area contributed by atoms with E-state index < -0.39 is 4.92 Å². The number of rotatable bonds is 1. The number of non-ortho nitro benzene ring substituents is 1. The van der Waals surface area contributed by atoms with Crippen molar-refractivity contribution >= 4 is 22.3 Å².